The molecule has 1 aliphatic rings. The molecule has 3 rings (SSSR count). The Bertz CT molecular complexity index is 632. The van der Waals surface area contributed by atoms with Gasteiger partial charge in [-0.1, -0.05) is 18.2 Å². The van der Waals surface area contributed by atoms with Crippen LogP contribution in [0, 0.1) is 6.92 Å². The van der Waals surface area contributed by atoms with E-state index in [1.165, 1.54) is 0 Å². The Labute approximate surface area is 118 Å². The standard InChI is InChI=1S/C16H17N3O/c1-11-4-2-3-5-14(11)16(20)19(13-7-8-13)15-9-6-12(17)10-18-15/h2-6,9-10,13H,7-8,17H2,1H3. The highest BCUT2D eigenvalue weighted by atomic mass is 16.2. The summed E-state index contributed by atoms with van der Waals surface area (Å²) in [6.07, 6.45) is 3.66. The number of aryl methyl sites for hydroxylation is 1. The van der Waals surface area contributed by atoms with E-state index in [1.54, 1.807) is 17.2 Å². The number of hydrogen-bond donors (Lipinski definition) is 1. The lowest BCUT2D eigenvalue weighted by molar-refractivity contribution is 0.0984. The van der Waals surface area contributed by atoms with E-state index >= 15 is 0 Å². The average Bonchev–Trinajstić information content (AvgIpc) is 3.26. The molecule has 102 valence electrons. The smallest absolute Gasteiger partial charge is 0.259 e. The van der Waals surface area contributed by atoms with Crippen LogP contribution in [0.2, 0.25) is 0 Å². The van der Waals surface area contributed by atoms with Gasteiger partial charge in [-0.25, -0.2) is 4.98 Å². The van der Waals surface area contributed by atoms with Gasteiger partial charge in [0.05, 0.1) is 11.9 Å². The third-order valence-corrected chi connectivity index (χ3v) is 3.52. The van der Waals surface area contributed by atoms with Crippen LogP contribution >= 0.6 is 0 Å². The number of benzene rings is 1. The molecular formula is C16H17N3O. The maximum atomic E-state index is 12.8. The normalized spacial score (nSPS) is 14.1. The fourth-order valence-corrected chi connectivity index (χ4v) is 2.27. The van der Waals surface area contributed by atoms with Crippen molar-refractivity contribution in [3.05, 3.63) is 53.7 Å². The van der Waals surface area contributed by atoms with E-state index in [9.17, 15) is 4.79 Å². The number of pyridine rings is 1. The highest BCUT2D eigenvalue weighted by Gasteiger charge is 2.35. The molecule has 0 atom stereocenters. The molecule has 0 spiro atoms. The molecule has 2 N–H and O–H groups in total. The molecular weight excluding hydrogens is 250 g/mol. The van der Waals surface area contributed by atoms with Gasteiger partial charge in [-0.2, -0.15) is 0 Å². The van der Waals surface area contributed by atoms with Crippen LogP contribution in [0.5, 0.6) is 0 Å². The Balaban J connectivity index is 1.97. The molecule has 1 aromatic carbocycles. The molecule has 2 aromatic rings. The number of anilines is 2. The van der Waals surface area contributed by atoms with Crippen molar-refractivity contribution in [1.82, 2.24) is 4.98 Å². The second kappa shape index (κ2) is 4.96. The largest absolute Gasteiger partial charge is 0.397 e. The summed E-state index contributed by atoms with van der Waals surface area (Å²) in [5, 5.41) is 0. The van der Waals surface area contributed by atoms with Crippen LogP contribution in [-0.4, -0.2) is 16.9 Å². The van der Waals surface area contributed by atoms with Crippen LogP contribution in [0.4, 0.5) is 11.5 Å². The zero-order chi connectivity index (χ0) is 14.1. The van der Waals surface area contributed by atoms with Crippen LogP contribution in [0.15, 0.2) is 42.6 Å². The van der Waals surface area contributed by atoms with Gasteiger partial charge in [-0.05, 0) is 43.5 Å². The molecule has 0 radical (unpaired) electrons. The molecule has 0 saturated heterocycles. The minimum absolute atomic E-state index is 0.0165. The average molecular weight is 267 g/mol. The first-order valence-electron chi connectivity index (χ1n) is 6.77. The Hall–Kier alpha value is -2.36. The lowest BCUT2D eigenvalue weighted by Crippen LogP contribution is -2.34. The van der Waals surface area contributed by atoms with Crippen molar-refractivity contribution in [1.29, 1.82) is 0 Å². The number of amides is 1. The van der Waals surface area contributed by atoms with Crippen molar-refractivity contribution in [2.24, 2.45) is 0 Å². The summed E-state index contributed by atoms with van der Waals surface area (Å²) < 4.78 is 0. The number of hydrogen-bond acceptors (Lipinski definition) is 3. The second-order valence-corrected chi connectivity index (χ2v) is 5.17. The quantitative estimate of drug-likeness (QED) is 0.930. The number of nitrogens with zero attached hydrogens (tertiary/aromatic N) is 2. The van der Waals surface area contributed by atoms with Gasteiger partial charge in [-0.3, -0.25) is 9.69 Å². The summed E-state index contributed by atoms with van der Waals surface area (Å²) >= 11 is 0. The topological polar surface area (TPSA) is 59.2 Å². The van der Waals surface area contributed by atoms with Crippen molar-refractivity contribution < 1.29 is 4.79 Å². The molecule has 4 nitrogen and oxygen atoms in total. The summed E-state index contributed by atoms with van der Waals surface area (Å²) in [5.74, 6) is 0.692. The summed E-state index contributed by atoms with van der Waals surface area (Å²) in [6.45, 7) is 1.95. The molecule has 0 unspecified atom stereocenters. The fraction of sp³-hybridized carbons (Fsp3) is 0.250. The van der Waals surface area contributed by atoms with E-state index in [0.29, 0.717) is 11.5 Å². The molecule has 4 heteroatoms. The second-order valence-electron chi connectivity index (χ2n) is 5.17. The van der Waals surface area contributed by atoms with Gasteiger partial charge in [0.15, 0.2) is 0 Å². The van der Waals surface area contributed by atoms with Crippen molar-refractivity contribution in [2.75, 3.05) is 10.6 Å². The van der Waals surface area contributed by atoms with Crippen molar-refractivity contribution in [2.45, 2.75) is 25.8 Å². The van der Waals surface area contributed by atoms with Gasteiger partial charge in [0, 0.05) is 11.6 Å². The summed E-state index contributed by atoms with van der Waals surface area (Å²) in [4.78, 5) is 18.9. The van der Waals surface area contributed by atoms with Crippen molar-refractivity contribution in [3.63, 3.8) is 0 Å². The first kappa shape index (κ1) is 12.7. The maximum Gasteiger partial charge on any atom is 0.259 e. The number of carbonyl (C=O) groups excluding carboxylic acids is 1. The predicted molar refractivity (Wildman–Crippen MR) is 79.7 cm³/mol. The highest BCUT2D eigenvalue weighted by Crippen LogP contribution is 2.32. The molecule has 1 aromatic heterocycles. The first-order valence-corrected chi connectivity index (χ1v) is 6.77. The fourth-order valence-electron chi connectivity index (χ4n) is 2.27. The predicted octanol–water partition coefficient (Wildman–Crippen LogP) is 2.78. The van der Waals surface area contributed by atoms with Crippen LogP contribution in [0.3, 0.4) is 0 Å². The van der Waals surface area contributed by atoms with Crippen molar-refractivity contribution in [3.8, 4) is 0 Å². The Morgan fingerprint density at radius 3 is 2.60 bits per heavy atom. The molecule has 1 fully saturated rings. The van der Waals surface area contributed by atoms with E-state index in [-0.39, 0.29) is 11.9 Å². The zero-order valence-electron chi connectivity index (χ0n) is 11.4. The highest BCUT2D eigenvalue weighted by molar-refractivity contribution is 6.07. The van der Waals surface area contributed by atoms with Crippen LogP contribution in [0.25, 0.3) is 0 Å². The van der Waals surface area contributed by atoms with E-state index in [4.69, 9.17) is 5.73 Å². The van der Waals surface area contributed by atoms with Gasteiger partial charge in [0.25, 0.3) is 5.91 Å². The molecule has 1 aliphatic carbocycles. The van der Waals surface area contributed by atoms with Gasteiger partial charge >= 0.3 is 0 Å². The third-order valence-electron chi connectivity index (χ3n) is 3.52. The number of nitrogen functional groups attached to an aromatic ring is 1. The van der Waals surface area contributed by atoms with Gasteiger partial charge in [-0.15, -0.1) is 0 Å². The van der Waals surface area contributed by atoms with Gasteiger partial charge in [0.1, 0.15) is 5.82 Å². The van der Waals surface area contributed by atoms with Crippen LogP contribution in [-0.2, 0) is 0 Å². The molecule has 0 aliphatic heterocycles. The zero-order valence-corrected chi connectivity index (χ0v) is 11.4. The van der Waals surface area contributed by atoms with E-state index in [2.05, 4.69) is 4.98 Å². The number of rotatable bonds is 3. The van der Waals surface area contributed by atoms with Crippen LogP contribution < -0.4 is 10.6 Å². The van der Waals surface area contributed by atoms with E-state index in [0.717, 1.165) is 24.0 Å². The summed E-state index contributed by atoms with van der Waals surface area (Å²) in [5.41, 5.74) is 7.99. The Morgan fingerprint density at radius 2 is 2.00 bits per heavy atom. The summed E-state index contributed by atoms with van der Waals surface area (Å²) in [7, 11) is 0. The Kier molecular flexibility index (Phi) is 3.14. The minimum atomic E-state index is 0.0165. The van der Waals surface area contributed by atoms with Gasteiger partial charge in [0.2, 0.25) is 0 Å². The molecule has 1 amide bonds. The minimum Gasteiger partial charge on any atom is -0.397 e. The lowest BCUT2D eigenvalue weighted by atomic mass is 10.1. The molecule has 20 heavy (non-hydrogen) atoms. The molecule has 1 heterocycles. The van der Waals surface area contributed by atoms with Crippen molar-refractivity contribution >= 4 is 17.4 Å². The number of carbonyl (C=O) groups is 1. The maximum absolute atomic E-state index is 12.8. The van der Waals surface area contributed by atoms with Gasteiger partial charge < -0.3 is 5.73 Å². The first-order chi connectivity index (χ1) is 9.66. The monoisotopic (exact) mass is 267 g/mol. The third kappa shape index (κ3) is 2.37. The molecule has 0 bridgehead atoms. The summed E-state index contributed by atoms with van der Waals surface area (Å²) in [6, 6.07) is 11.5. The SMILES string of the molecule is Cc1ccccc1C(=O)N(c1ccc(N)cn1)C1CC1. The number of aromatic nitrogens is 1. The Morgan fingerprint density at radius 1 is 1.25 bits per heavy atom. The number of nitrogens with two attached hydrogens (primary N) is 1. The lowest BCUT2D eigenvalue weighted by Gasteiger charge is -2.22. The van der Waals surface area contributed by atoms with E-state index < -0.39 is 0 Å². The molecule has 1 saturated carbocycles. The van der Waals surface area contributed by atoms with Crippen LogP contribution in [0.1, 0.15) is 28.8 Å². The van der Waals surface area contributed by atoms with E-state index in [1.807, 2.05) is 37.3 Å².